The monoisotopic (exact) mass is 223 g/mol. The molecule has 0 unspecified atom stereocenters. The summed E-state index contributed by atoms with van der Waals surface area (Å²) in [6, 6.07) is 1.81. The van der Waals surface area contributed by atoms with Crippen LogP contribution in [-0.2, 0) is 4.79 Å². The molecule has 88 valence electrons. The molecule has 0 aliphatic rings. The number of hydrogen-bond acceptors (Lipinski definition) is 5. The summed E-state index contributed by atoms with van der Waals surface area (Å²) >= 11 is 0. The average Bonchev–Trinajstić information content (AvgIpc) is 2.16. The van der Waals surface area contributed by atoms with Gasteiger partial charge in [0, 0.05) is 25.4 Å². The lowest BCUT2D eigenvalue weighted by Gasteiger charge is -2.17. The number of nitrogens with zero attached hydrogens (tertiary/aromatic N) is 3. The van der Waals surface area contributed by atoms with Crippen molar-refractivity contribution in [3.8, 4) is 0 Å². The number of anilines is 2. The van der Waals surface area contributed by atoms with E-state index < -0.39 is 0 Å². The second-order valence-corrected chi connectivity index (χ2v) is 3.54. The molecule has 1 amide bonds. The maximum absolute atomic E-state index is 10.8. The Labute approximate surface area is 94.9 Å². The third kappa shape index (κ3) is 3.38. The zero-order chi connectivity index (χ0) is 12.1. The molecular weight excluding hydrogens is 206 g/mol. The van der Waals surface area contributed by atoms with E-state index in [2.05, 4.69) is 15.3 Å². The number of primary amides is 1. The standard InChI is InChI=1S/C10H17N5O/c1-4-12-10-13-7(2)5-9(14-10)15(3)6-8(11)16/h5H,4,6H2,1-3H3,(H2,11,16)(H,12,13,14). The van der Waals surface area contributed by atoms with Gasteiger partial charge in [-0.3, -0.25) is 4.79 Å². The number of hydrogen-bond donors (Lipinski definition) is 2. The Kier molecular flexibility index (Phi) is 4.04. The Hall–Kier alpha value is -1.85. The van der Waals surface area contributed by atoms with E-state index in [9.17, 15) is 4.79 Å². The Balaban J connectivity index is 2.90. The lowest BCUT2D eigenvalue weighted by Crippen LogP contribution is -2.31. The van der Waals surface area contributed by atoms with Gasteiger partial charge in [-0.15, -0.1) is 0 Å². The number of rotatable bonds is 5. The molecule has 1 rings (SSSR count). The van der Waals surface area contributed by atoms with Crippen LogP contribution in [0.3, 0.4) is 0 Å². The number of carbonyl (C=O) groups excluding carboxylic acids is 1. The molecule has 1 heterocycles. The van der Waals surface area contributed by atoms with Crippen LogP contribution in [0.15, 0.2) is 6.07 Å². The predicted octanol–water partition coefficient (Wildman–Crippen LogP) is 0.138. The summed E-state index contributed by atoms with van der Waals surface area (Å²) in [5.41, 5.74) is 5.97. The zero-order valence-corrected chi connectivity index (χ0v) is 9.82. The molecule has 0 bridgehead atoms. The van der Waals surface area contributed by atoms with E-state index in [1.807, 2.05) is 19.9 Å². The first-order valence-corrected chi connectivity index (χ1v) is 5.12. The van der Waals surface area contributed by atoms with Gasteiger partial charge in [0.05, 0.1) is 6.54 Å². The van der Waals surface area contributed by atoms with Crippen LogP contribution in [0.2, 0.25) is 0 Å². The van der Waals surface area contributed by atoms with Crippen molar-refractivity contribution in [3.05, 3.63) is 11.8 Å². The summed E-state index contributed by atoms with van der Waals surface area (Å²) in [4.78, 5) is 21.0. The smallest absolute Gasteiger partial charge is 0.236 e. The molecule has 6 nitrogen and oxygen atoms in total. The van der Waals surface area contributed by atoms with Gasteiger partial charge in [0.15, 0.2) is 0 Å². The van der Waals surface area contributed by atoms with Crippen molar-refractivity contribution in [2.24, 2.45) is 5.73 Å². The molecular formula is C10H17N5O. The van der Waals surface area contributed by atoms with Gasteiger partial charge >= 0.3 is 0 Å². The summed E-state index contributed by atoms with van der Waals surface area (Å²) < 4.78 is 0. The lowest BCUT2D eigenvalue weighted by atomic mass is 10.4. The largest absolute Gasteiger partial charge is 0.368 e. The minimum atomic E-state index is -0.385. The molecule has 0 saturated heterocycles. The van der Waals surface area contributed by atoms with Crippen molar-refractivity contribution in [1.82, 2.24) is 9.97 Å². The fourth-order valence-corrected chi connectivity index (χ4v) is 1.30. The van der Waals surface area contributed by atoms with Gasteiger partial charge in [-0.25, -0.2) is 4.98 Å². The van der Waals surface area contributed by atoms with Crippen LogP contribution in [0.25, 0.3) is 0 Å². The molecule has 3 N–H and O–H groups in total. The number of nitrogens with two attached hydrogens (primary N) is 1. The highest BCUT2D eigenvalue weighted by Crippen LogP contribution is 2.12. The van der Waals surface area contributed by atoms with Crippen LogP contribution < -0.4 is 16.0 Å². The van der Waals surface area contributed by atoms with Crippen molar-refractivity contribution in [1.29, 1.82) is 0 Å². The molecule has 6 heteroatoms. The van der Waals surface area contributed by atoms with Crippen LogP contribution in [0.1, 0.15) is 12.6 Å². The van der Waals surface area contributed by atoms with E-state index in [0.29, 0.717) is 11.8 Å². The quantitative estimate of drug-likeness (QED) is 0.741. The van der Waals surface area contributed by atoms with Gasteiger partial charge < -0.3 is 16.0 Å². The van der Waals surface area contributed by atoms with Crippen molar-refractivity contribution in [2.75, 3.05) is 30.4 Å². The number of carbonyl (C=O) groups is 1. The highest BCUT2D eigenvalue weighted by atomic mass is 16.1. The van der Waals surface area contributed by atoms with Gasteiger partial charge in [-0.1, -0.05) is 0 Å². The molecule has 0 aromatic carbocycles. The van der Waals surface area contributed by atoms with Crippen LogP contribution in [0, 0.1) is 6.92 Å². The van der Waals surface area contributed by atoms with Crippen LogP contribution in [0.5, 0.6) is 0 Å². The van der Waals surface area contributed by atoms with Crippen LogP contribution >= 0.6 is 0 Å². The van der Waals surface area contributed by atoms with Crippen molar-refractivity contribution in [2.45, 2.75) is 13.8 Å². The van der Waals surface area contributed by atoms with Gasteiger partial charge in [-0.2, -0.15) is 4.98 Å². The lowest BCUT2D eigenvalue weighted by molar-refractivity contribution is -0.116. The number of aryl methyl sites for hydroxylation is 1. The fraction of sp³-hybridized carbons (Fsp3) is 0.500. The fourth-order valence-electron chi connectivity index (χ4n) is 1.30. The molecule has 0 saturated carbocycles. The van der Waals surface area contributed by atoms with Crippen molar-refractivity contribution in [3.63, 3.8) is 0 Å². The average molecular weight is 223 g/mol. The van der Waals surface area contributed by atoms with E-state index in [4.69, 9.17) is 5.73 Å². The summed E-state index contributed by atoms with van der Waals surface area (Å²) in [6.07, 6.45) is 0. The maximum Gasteiger partial charge on any atom is 0.236 e. The molecule has 0 fully saturated rings. The normalized spacial score (nSPS) is 9.94. The minimum Gasteiger partial charge on any atom is -0.368 e. The summed E-state index contributed by atoms with van der Waals surface area (Å²) in [5.74, 6) is 0.861. The molecule has 0 aliphatic carbocycles. The van der Waals surface area contributed by atoms with E-state index in [-0.39, 0.29) is 12.5 Å². The second kappa shape index (κ2) is 5.29. The first-order chi connectivity index (χ1) is 7.52. The van der Waals surface area contributed by atoms with Crippen molar-refractivity contribution >= 4 is 17.7 Å². The number of likely N-dealkylation sites (N-methyl/N-ethyl adjacent to an activating group) is 1. The van der Waals surface area contributed by atoms with E-state index in [1.54, 1.807) is 11.9 Å². The van der Waals surface area contributed by atoms with E-state index in [0.717, 1.165) is 12.2 Å². The Morgan fingerprint density at radius 2 is 2.25 bits per heavy atom. The molecule has 0 spiro atoms. The van der Waals surface area contributed by atoms with Gasteiger partial charge in [-0.05, 0) is 13.8 Å². The summed E-state index contributed by atoms with van der Waals surface area (Å²) in [6.45, 7) is 4.74. The molecule has 16 heavy (non-hydrogen) atoms. The molecule has 1 aromatic rings. The first kappa shape index (κ1) is 12.2. The van der Waals surface area contributed by atoms with Crippen molar-refractivity contribution < 1.29 is 4.79 Å². The predicted molar refractivity (Wildman–Crippen MR) is 63.4 cm³/mol. The second-order valence-electron chi connectivity index (χ2n) is 3.54. The van der Waals surface area contributed by atoms with Gasteiger partial charge in [0.1, 0.15) is 5.82 Å². The van der Waals surface area contributed by atoms with Crippen LogP contribution in [-0.4, -0.2) is 36.0 Å². The third-order valence-electron chi connectivity index (χ3n) is 1.96. The molecule has 1 aromatic heterocycles. The number of amides is 1. The summed E-state index contributed by atoms with van der Waals surface area (Å²) in [7, 11) is 1.77. The Bertz CT molecular complexity index is 379. The van der Waals surface area contributed by atoms with Gasteiger partial charge in [0.2, 0.25) is 11.9 Å². The van der Waals surface area contributed by atoms with Gasteiger partial charge in [0.25, 0.3) is 0 Å². The zero-order valence-electron chi connectivity index (χ0n) is 9.82. The Morgan fingerprint density at radius 1 is 1.56 bits per heavy atom. The third-order valence-corrected chi connectivity index (χ3v) is 1.96. The highest BCUT2D eigenvalue weighted by Gasteiger charge is 2.08. The molecule has 0 aliphatic heterocycles. The molecule has 0 atom stereocenters. The van der Waals surface area contributed by atoms with Crippen LogP contribution in [0.4, 0.5) is 11.8 Å². The topological polar surface area (TPSA) is 84.1 Å². The minimum absolute atomic E-state index is 0.141. The summed E-state index contributed by atoms with van der Waals surface area (Å²) in [5, 5.41) is 3.03. The number of nitrogens with one attached hydrogen (secondary N) is 1. The number of aromatic nitrogens is 2. The maximum atomic E-state index is 10.8. The van der Waals surface area contributed by atoms with E-state index >= 15 is 0 Å². The highest BCUT2D eigenvalue weighted by molar-refractivity contribution is 5.79. The Morgan fingerprint density at radius 3 is 2.81 bits per heavy atom. The SMILES string of the molecule is CCNc1nc(C)cc(N(C)CC(N)=O)n1. The van der Waals surface area contributed by atoms with E-state index in [1.165, 1.54) is 0 Å². The molecule has 0 radical (unpaired) electrons. The first-order valence-electron chi connectivity index (χ1n) is 5.12.